The molecule has 8 nitrogen and oxygen atoms in total. The Balaban J connectivity index is 2.40. The van der Waals surface area contributed by atoms with Gasteiger partial charge in [0.1, 0.15) is 12.6 Å². The molecule has 2 amide bonds. The van der Waals surface area contributed by atoms with Crippen LogP contribution in [0, 0.1) is 11.3 Å². The molecule has 0 bridgehead atoms. The zero-order valence-electron chi connectivity index (χ0n) is 9.64. The van der Waals surface area contributed by atoms with Gasteiger partial charge in [0.2, 0.25) is 5.95 Å². The fourth-order valence-corrected chi connectivity index (χ4v) is 0.961. The molecule has 18 heavy (non-hydrogen) atoms. The van der Waals surface area contributed by atoms with E-state index in [0.29, 0.717) is 0 Å². The number of rotatable bonds is 4. The first-order chi connectivity index (χ1) is 8.65. The normalized spacial score (nSPS) is 9.11. The first kappa shape index (κ1) is 13.4. The van der Waals surface area contributed by atoms with Crippen LogP contribution in [0.4, 0.5) is 10.7 Å². The van der Waals surface area contributed by atoms with E-state index in [2.05, 4.69) is 25.3 Å². The first-order valence-corrected chi connectivity index (χ1v) is 5.08. The molecular weight excluding hydrogens is 238 g/mol. The van der Waals surface area contributed by atoms with Crippen LogP contribution >= 0.6 is 0 Å². The number of urea groups is 1. The minimum Gasteiger partial charge on any atom is -0.465 e. The van der Waals surface area contributed by atoms with Crippen LogP contribution in [0.25, 0.3) is 0 Å². The van der Waals surface area contributed by atoms with Crippen LogP contribution in [0.5, 0.6) is 0 Å². The summed E-state index contributed by atoms with van der Waals surface area (Å²) in [5.74, 6) is -0.497. The fourth-order valence-electron chi connectivity index (χ4n) is 0.961. The molecule has 0 saturated heterocycles. The third-order valence-electron chi connectivity index (χ3n) is 1.70. The highest BCUT2D eigenvalue weighted by Gasteiger charge is 2.07. The molecule has 0 spiro atoms. The molecule has 1 rings (SSSR count). The van der Waals surface area contributed by atoms with Crippen molar-refractivity contribution in [3.8, 4) is 6.07 Å². The van der Waals surface area contributed by atoms with Crippen molar-refractivity contribution in [1.29, 1.82) is 5.26 Å². The molecule has 1 aromatic rings. The minimum atomic E-state index is -0.632. The number of aromatic nitrogens is 2. The molecule has 94 valence electrons. The van der Waals surface area contributed by atoms with Crippen molar-refractivity contribution >= 4 is 17.9 Å². The van der Waals surface area contributed by atoms with Crippen LogP contribution in [0.1, 0.15) is 12.5 Å². The molecule has 0 radical (unpaired) electrons. The van der Waals surface area contributed by atoms with Crippen LogP contribution in [0.3, 0.4) is 0 Å². The number of anilines is 1. The molecule has 1 aromatic heterocycles. The van der Waals surface area contributed by atoms with Gasteiger partial charge >= 0.3 is 12.0 Å². The van der Waals surface area contributed by atoms with Gasteiger partial charge in [0, 0.05) is 0 Å². The average molecular weight is 249 g/mol. The largest absolute Gasteiger partial charge is 0.465 e. The topological polar surface area (TPSA) is 117 Å². The second-order valence-electron chi connectivity index (χ2n) is 3.02. The first-order valence-electron chi connectivity index (χ1n) is 5.08. The summed E-state index contributed by atoms with van der Waals surface area (Å²) in [6, 6.07) is 1.22. The Labute approximate surface area is 103 Å². The number of nitriles is 1. The Morgan fingerprint density at radius 1 is 1.44 bits per heavy atom. The molecule has 2 N–H and O–H groups in total. The van der Waals surface area contributed by atoms with Gasteiger partial charge in [-0.2, -0.15) is 5.26 Å². The Kier molecular flexibility index (Phi) is 5.05. The maximum atomic E-state index is 11.3. The van der Waals surface area contributed by atoms with E-state index in [0.717, 1.165) is 0 Å². The lowest BCUT2D eigenvalue weighted by molar-refractivity contribution is -0.141. The highest BCUT2D eigenvalue weighted by atomic mass is 16.5. The van der Waals surface area contributed by atoms with Crippen molar-refractivity contribution < 1.29 is 14.3 Å². The van der Waals surface area contributed by atoms with E-state index >= 15 is 0 Å². The van der Waals surface area contributed by atoms with Gasteiger partial charge in [-0.05, 0) is 6.92 Å². The van der Waals surface area contributed by atoms with Gasteiger partial charge in [0.15, 0.2) is 0 Å². The third kappa shape index (κ3) is 4.44. The summed E-state index contributed by atoms with van der Waals surface area (Å²) in [5.41, 5.74) is 0.285. The lowest BCUT2D eigenvalue weighted by atomic mass is 10.4. The summed E-state index contributed by atoms with van der Waals surface area (Å²) in [6.45, 7) is 1.68. The van der Waals surface area contributed by atoms with Gasteiger partial charge in [0.25, 0.3) is 0 Å². The molecule has 0 atom stereocenters. The quantitative estimate of drug-likeness (QED) is 0.727. The third-order valence-corrected chi connectivity index (χ3v) is 1.70. The lowest BCUT2D eigenvalue weighted by Gasteiger charge is -2.05. The van der Waals surface area contributed by atoms with E-state index in [1.807, 2.05) is 6.07 Å². The molecule has 0 aromatic carbocycles. The zero-order valence-corrected chi connectivity index (χ0v) is 9.64. The second-order valence-corrected chi connectivity index (χ2v) is 3.02. The second kappa shape index (κ2) is 6.80. The SMILES string of the molecule is CCOC(=O)CNC(=O)Nc1ncc(C#N)cn1. The van der Waals surface area contributed by atoms with E-state index in [1.54, 1.807) is 6.92 Å². The number of hydrogen-bond donors (Lipinski definition) is 2. The molecule has 8 heteroatoms. The highest BCUT2D eigenvalue weighted by Crippen LogP contribution is 1.98. The molecular formula is C10H11N5O3. The summed E-state index contributed by atoms with van der Waals surface area (Å²) in [5, 5.41) is 13.1. The number of carbonyl (C=O) groups excluding carboxylic acids is 2. The predicted octanol–water partition coefficient (Wildman–Crippen LogP) is 0.0329. The summed E-state index contributed by atoms with van der Waals surface area (Å²) < 4.78 is 4.62. The number of ether oxygens (including phenoxy) is 1. The summed E-state index contributed by atoms with van der Waals surface area (Å²) in [4.78, 5) is 29.7. The highest BCUT2D eigenvalue weighted by molar-refractivity contribution is 5.89. The smallest absolute Gasteiger partial charge is 0.325 e. The number of carbonyl (C=O) groups is 2. The summed E-state index contributed by atoms with van der Waals surface area (Å²) >= 11 is 0. The summed E-state index contributed by atoms with van der Waals surface area (Å²) in [7, 11) is 0. The molecule has 0 fully saturated rings. The molecule has 0 unspecified atom stereocenters. The van der Waals surface area contributed by atoms with E-state index in [-0.39, 0.29) is 24.7 Å². The number of esters is 1. The van der Waals surface area contributed by atoms with Gasteiger partial charge in [0.05, 0.1) is 24.6 Å². The number of nitrogens with one attached hydrogen (secondary N) is 2. The number of nitrogens with zero attached hydrogens (tertiary/aromatic N) is 3. The predicted molar refractivity (Wildman–Crippen MR) is 60.4 cm³/mol. The van der Waals surface area contributed by atoms with E-state index in [9.17, 15) is 9.59 Å². The van der Waals surface area contributed by atoms with Crippen LogP contribution in [0.15, 0.2) is 12.4 Å². The van der Waals surface area contributed by atoms with Crippen LogP contribution in [-0.2, 0) is 9.53 Å². The molecule has 0 aliphatic carbocycles. The van der Waals surface area contributed by atoms with Crippen molar-refractivity contribution in [3.63, 3.8) is 0 Å². The fraction of sp³-hybridized carbons (Fsp3) is 0.300. The van der Waals surface area contributed by atoms with Crippen molar-refractivity contribution in [1.82, 2.24) is 15.3 Å². The molecule has 0 saturated carbocycles. The van der Waals surface area contributed by atoms with E-state index < -0.39 is 12.0 Å². The molecule has 0 aliphatic rings. The van der Waals surface area contributed by atoms with Crippen LogP contribution in [0.2, 0.25) is 0 Å². The van der Waals surface area contributed by atoms with Crippen LogP contribution < -0.4 is 10.6 Å². The van der Waals surface area contributed by atoms with Crippen molar-refractivity contribution in [2.75, 3.05) is 18.5 Å². The van der Waals surface area contributed by atoms with Gasteiger partial charge in [-0.25, -0.2) is 14.8 Å². The Morgan fingerprint density at radius 2 is 2.11 bits per heavy atom. The summed E-state index contributed by atoms with van der Waals surface area (Å²) in [6.07, 6.45) is 2.54. The van der Waals surface area contributed by atoms with E-state index in [4.69, 9.17) is 5.26 Å². The van der Waals surface area contributed by atoms with Crippen molar-refractivity contribution in [3.05, 3.63) is 18.0 Å². The Morgan fingerprint density at radius 3 is 2.67 bits per heavy atom. The maximum absolute atomic E-state index is 11.3. The zero-order chi connectivity index (χ0) is 13.4. The van der Waals surface area contributed by atoms with Crippen molar-refractivity contribution in [2.45, 2.75) is 6.92 Å². The van der Waals surface area contributed by atoms with E-state index in [1.165, 1.54) is 12.4 Å². The minimum absolute atomic E-state index is 0.0374. The average Bonchev–Trinajstić information content (AvgIpc) is 2.38. The maximum Gasteiger partial charge on any atom is 0.325 e. The molecule has 0 aliphatic heterocycles. The van der Waals surface area contributed by atoms with Gasteiger partial charge in [-0.15, -0.1) is 0 Å². The van der Waals surface area contributed by atoms with Gasteiger partial charge in [-0.1, -0.05) is 0 Å². The standard InChI is InChI=1S/C10H11N5O3/c1-2-18-8(16)6-14-10(17)15-9-12-4-7(3-11)5-13-9/h4-5H,2,6H2,1H3,(H2,12,13,14,15,17). The number of amides is 2. The molecule has 1 heterocycles. The van der Waals surface area contributed by atoms with Gasteiger partial charge in [-0.3, -0.25) is 10.1 Å². The van der Waals surface area contributed by atoms with Gasteiger partial charge < -0.3 is 10.1 Å². The van der Waals surface area contributed by atoms with Crippen molar-refractivity contribution in [2.24, 2.45) is 0 Å². The number of hydrogen-bond acceptors (Lipinski definition) is 6. The monoisotopic (exact) mass is 249 g/mol. The Hall–Kier alpha value is -2.69. The lowest BCUT2D eigenvalue weighted by Crippen LogP contribution is -2.34. The Bertz CT molecular complexity index is 465. The van der Waals surface area contributed by atoms with Crippen LogP contribution in [-0.4, -0.2) is 35.1 Å².